The van der Waals surface area contributed by atoms with Crippen molar-refractivity contribution < 1.29 is 4.79 Å². The average molecular weight is 352 g/mol. The van der Waals surface area contributed by atoms with Crippen LogP contribution in [0.25, 0.3) is 11.1 Å². The third-order valence-corrected chi connectivity index (χ3v) is 7.56. The predicted molar refractivity (Wildman–Crippen MR) is 103 cm³/mol. The normalized spacial score (nSPS) is 32.8. The summed E-state index contributed by atoms with van der Waals surface area (Å²) in [7, 11) is 0. The number of hydrogen-bond donors (Lipinski definition) is 1. The summed E-state index contributed by atoms with van der Waals surface area (Å²) >= 11 is 1.57. The second-order valence-corrected chi connectivity index (χ2v) is 9.60. The minimum atomic E-state index is 0.0837. The predicted octanol–water partition coefficient (Wildman–Crippen LogP) is 5.42. The summed E-state index contributed by atoms with van der Waals surface area (Å²) in [4.78, 5) is 14.0. The average Bonchev–Trinajstić information content (AvgIpc) is 3.03. The Hall–Kier alpha value is -1.61. The van der Waals surface area contributed by atoms with Crippen molar-refractivity contribution in [3.05, 3.63) is 46.2 Å². The van der Waals surface area contributed by atoms with E-state index in [4.69, 9.17) is 0 Å². The van der Waals surface area contributed by atoms with Crippen LogP contribution in [0.15, 0.2) is 35.7 Å². The van der Waals surface area contributed by atoms with Gasteiger partial charge in [-0.2, -0.15) is 0 Å². The number of rotatable bonds is 3. The van der Waals surface area contributed by atoms with E-state index in [1.807, 2.05) is 5.38 Å². The van der Waals surface area contributed by atoms with Crippen molar-refractivity contribution in [2.24, 2.45) is 17.8 Å². The Labute approximate surface area is 153 Å². The standard InChI is InChI=1S/C22H25NOS/c1-14-2-4-18(5-3-14)19-6-7-25-20(19)21(24)23-22-11-15-8-16(12-22)10-17(9-15)13-22/h2-7,15-17H,8-13H2,1H3,(H,23,24). The molecule has 4 fully saturated rings. The quantitative estimate of drug-likeness (QED) is 0.786. The van der Waals surface area contributed by atoms with Gasteiger partial charge in [-0.3, -0.25) is 4.79 Å². The Morgan fingerprint density at radius 3 is 2.20 bits per heavy atom. The number of nitrogens with one attached hydrogen (secondary N) is 1. The topological polar surface area (TPSA) is 29.1 Å². The van der Waals surface area contributed by atoms with E-state index in [2.05, 4.69) is 42.6 Å². The molecule has 4 saturated carbocycles. The number of thiophene rings is 1. The molecule has 1 aromatic carbocycles. The SMILES string of the molecule is Cc1ccc(-c2ccsc2C(=O)NC23CC4CC(CC(C4)C2)C3)cc1. The highest BCUT2D eigenvalue weighted by molar-refractivity contribution is 7.12. The number of benzene rings is 1. The van der Waals surface area contributed by atoms with Crippen molar-refractivity contribution in [2.75, 3.05) is 0 Å². The van der Waals surface area contributed by atoms with Crippen LogP contribution in [0.1, 0.15) is 53.8 Å². The van der Waals surface area contributed by atoms with Crippen molar-refractivity contribution in [2.45, 2.75) is 51.0 Å². The second kappa shape index (κ2) is 5.70. The van der Waals surface area contributed by atoms with E-state index < -0.39 is 0 Å². The summed E-state index contributed by atoms with van der Waals surface area (Å²) in [5.74, 6) is 2.71. The van der Waals surface area contributed by atoms with Crippen molar-refractivity contribution in [3.63, 3.8) is 0 Å². The van der Waals surface area contributed by atoms with E-state index >= 15 is 0 Å². The summed E-state index contributed by atoms with van der Waals surface area (Å²) in [5.41, 5.74) is 3.55. The van der Waals surface area contributed by atoms with E-state index in [9.17, 15) is 4.79 Å². The molecule has 0 aliphatic heterocycles. The van der Waals surface area contributed by atoms with Gasteiger partial charge in [0.25, 0.3) is 5.91 Å². The summed E-state index contributed by atoms with van der Waals surface area (Å²) in [6, 6.07) is 10.6. The number of amides is 1. The monoisotopic (exact) mass is 351 g/mol. The zero-order chi connectivity index (χ0) is 17.0. The minimum absolute atomic E-state index is 0.0837. The van der Waals surface area contributed by atoms with E-state index in [1.54, 1.807) is 11.3 Å². The summed E-state index contributed by atoms with van der Waals surface area (Å²) in [6.45, 7) is 2.10. The van der Waals surface area contributed by atoms with E-state index in [-0.39, 0.29) is 11.4 Å². The molecular formula is C22H25NOS. The largest absolute Gasteiger partial charge is 0.346 e. The lowest BCUT2D eigenvalue weighted by atomic mass is 9.53. The van der Waals surface area contributed by atoms with Crippen molar-refractivity contribution in [1.82, 2.24) is 5.32 Å². The third-order valence-electron chi connectivity index (χ3n) is 6.65. The molecule has 25 heavy (non-hydrogen) atoms. The molecule has 2 aromatic rings. The molecule has 0 unspecified atom stereocenters. The Balaban J connectivity index is 1.41. The van der Waals surface area contributed by atoms with E-state index in [1.165, 1.54) is 44.1 Å². The molecule has 2 nitrogen and oxygen atoms in total. The lowest BCUT2D eigenvalue weighted by Crippen LogP contribution is -2.59. The summed E-state index contributed by atoms with van der Waals surface area (Å²) in [6.07, 6.45) is 7.83. The Kier molecular flexibility index (Phi) is 3.56. The van der Waals surface area contributed by atoms with Gasteiger partial charge in [-0.05, 0) is 80.2 Å². The molecule has 1 amide bonds. The zero-order valence-electron chi connectivity index (χ0n) is 14.8. The molecule has 4 aliphatic carbocycles. The van der Waals surface area contributed by atoms with Crippen LogP contribution >= 0.6 is 11.3 Å². The second-order valence-electron chi connectivity index (χ2n) is 8.68. The molecule has 0 spiro atoms. The highest BCUT2D eigenvalue weighted by atomic mass is 32.1. The summed E-state index contributed by atoms with van der Waals surface area (Å²) in [5, 5.41) is 5.57. The molecule has 4 bridgehead atoms. The van der Waals surface area contributed by atoms with Gasteiger partial charge in [0.15, 0.2) is 0 Å². The molecule has 130 valence electrons. The molecule has 6 rings (SSSR count). The van der Waals surface area contributed by atoms with Gasteiger partial charge < -0.3 is 5.32 Å². The maximum atomic E-state index is 13.2. The minimum Gasteiger partial charge on any atom is -0.346 e. The number of hydrogen-bond acceptors (Lipinski definition) is 2. The molecular weight excluding hydrogens is 326 g/mol. The fourth-order valence-corrected chi connectivity index (χ4v) is 6.82. The number of carbonyl (C=O) groups excluding carboxylic acids is 1. The van der Waals surface area contributed by atoms with Gasteiger partial charge in [-0.1, -0.05) is 29.8 Å². The maximum Gasteiger partial charge on any atom is 0.262 e. The third kappa shape index (κ3) is 2.73. The first-order valence-electron chi connectivity index (χ1n) is 9.57. The lowest BCUT2D eigenvalue weighted by molar-refractivity contribution is -0.0166. The van der Waals surface area contributed by atoms with Gasteiger partial charge in [0.05, 0.1) is 4.88 Å². The van der Waals surface area contributed by atoms with Crippen LogP contribution in [0.5, 0.6) is 0 Å². The first-order chi connectivity index (χ1) is 12.1. The molecule has 1 heterocycles. The van der Waals surface area contributed by atoms with Crippen LogP contribution in [-0.4, -0.2) is 11.4 Å². The molecule has 0 radical (unpaired) electrons. The van der Waals surface area contributed by atoms with Crippen LogP contribution in [0.2, 0.25) is 0 Å². The fraction of sp³-hybridized carbons (Fsp3) is 0.500. The molecule has 1 aromatic heterocycles. The van der Waals surface area contributed by atoms with E-state index in [0.29, 0.717) is 0 Å². The highest BCUT2D eigenvalue weighted by Gasteiger charge is 2.51. The van der Waals surface area contributed by atoms with E-state index in [0.717, 1.165) is 33.8 Å². The maximum absolute atomic E-state index is 13.2. The molecule has 4 aliphatic rings. The molecule has 1 N–H and O–H groups in total. The lowest BCUT2D eigenvalue weighted by Gasteiger charge is -2.56. The number of carbonyl (C=O) groups is 1. The van der Waals surface area contributed by atoms with Crippen molar-refractivity contribution >= 4 is 17.2 Å². The number of aryl methyl sites for hydroxylation is 1. The Morgan fingerprint density at radius 1 is 1.00 bits per heavy atom. The molecule has 0 atom stereocenters. The van der Waals surface area contributed by atoms with Crippen LogP contribution in [0, 0.1) is 24.7 Å². The highest BCUT2D eigenvalue weighted by Crippen LogP contribution is 2.55. The Morgan fingerprint density at radius 2 is 1.60 bits per heavy atom. The first kappa shape index (κ1) is 15.6. The van der Waals surface area contributed by atoms with Crippen LogP contribution in [0.4, 0.5) is 0 Å². The summed E-state index contributed by atoms with van der Waals surface area (Å²) < 4.78 is 0. The van der Waals surface area contributed by atoms with Gasteiger partial charge >= 0.3 is 0 Å². The van der Waals surface area contributed by atoms with Crippen LogP contribution < -0.4 is 5.32 Å². The van der Waals surface area contributed by atoms with Crippen molar-refractivity contribution in [3.8, 4) is 11.1 Å². The molecule has 0 saturated heterocycles. The Bertz CT molecular complexity index is 768. The van der Waals surface area contributed by atoms with Crippen LogP contribution in [-0.2, 0) is 0 Å². The molecule has 3 heteroatoms. The fourth-order valence-electron chi connectivity index (χ4n) is 6.01. The van der Waals surface area contributed by atoms with Gasteiger partial charge in [0.2, 0.25) is 0 Å². The smallest absolute Gasteiger partial charge is 0.262 e. The van der Waals surface area contributed by atoms with Gasteiger partial charge in [0.1, 0.15) is 0 Å². The zero-order valence-corrected chi connectivity index (χ0v) is 15.6. The van der Waals surface area contributed by atoms with Gasteiger partial charge in [-0.15, -0.1) is 11.3 Å². The van der Waals surface area contributed by atoms with Gasteiger partial charge in [0, 0.05) is 11.1 Å². The van der Waals surface area contributed by atoms with Crippen molar-refractivity contribution in [1.29, 1.82) is 0 Å². The van der Waals surface area contributed by atoms with Crippen LogP contribution in [0.3, 0.4) is 0 Å². The van der Waals surface area contributed by atoms with Gasteiger partial charge in [-0.25, -0.2) is 0 Å². The first-order valence-corrected chi connectivity index (χ1v) is 10.5.